The highest BCUT2D eigenvalue weighted by molar-refractivity contribution is 5.66. The lowest BCUT2D eigenvalue weighted by Crippen LogP contribution is -2.46. The highest BCUT2D eigenvalue weighted by Gasteiger charge is 2.56. The molecule has 1 aliphatic heterocycles. The first-order valence-electron chi connectivity index (χ1n) is 4.55. The van der Waals surface area contributed by atoms with E-state index in [-0.39, 0.29) is 17.9 Å². The molecular formula is C9H15F2NO2. The molecule has 1 N–H and O–H groups in total. The molecule has 0 radical (unpaired) electrons. The molecular weight excluding hydrogens is 192 g/mol. The fraction of sp³-hybridized carbons (Fsp3) is 0.889. The Morgan fingerprint density at radius 1 is 1.50 bits per heavy atom. The molecule has 1 atom stereocenters. The van der Waals surface area contributed by atoms with Crippen LogP contribution in [0.1, 0.15) is 27.2 Å². The second-order valence-electron chi connectivity index (χ2n) is 4.73. The van der Waals surface area contributed by atoms with Gasteiger partial charge in [0.05, 0.1) is 5.92 Å². The van der Waals surface area contributed by atoms with E-state index in [2.05, 4.69) is 0 Å². The molecule has 1 amide bonds. The summed E-state index contributed by atoms with van der Waals surface area (Å²) in [5.41, 5.74) is -0.576. The lowest BCUT2D eigenvalue weighted by molar-refractivity contribution is -0.156. The number of halogens is 2. The first-order chi connectivity index (χ1) is 6.17. The highest BCUT2D eigenvalue weighted by Crippen LogP contribution is 2.47. The third kappa shape index (κ3) is 1.67. The summed E-state index contributed by atoms with van der Waals surface area (Å²) < 4.78 is 27.1. The third-order valence-corrected chi connectivity index (χ3v) is 2.70. The van der Waals surface area contributed by atoms with E-state index in [1.165, 1.54) is 0 Å². The van der Waals surface area contributed by atoms with Gasteiger partial charge in [-0.2, -0.15) is 8.78 Å². The quantitative estimate of drug-likeness (QED) is 0.620. The first kappa shape index (κ1) is 11.2. The smallest absolute Gasteiger partial charge is 0.411 e. The molecule has 82 valence electrons. The molecule has 1 fully saturated rings. The van der Waals surface area contributed by atoms with Crippen LogP contribution in [0, 0.1) is 11.3 Å². The van der Waals surface area contributed by atoms with E-state index in [4.69, 9.17) is 5.11 Å². The maximum Gasteiger partial charge on any atom is 0.411 e. The molecule has 0 aromatic rings. The number of carbonyl (C=O) groups is 1. The van der Waals surface area contributed by atoms with Crippen LogP contribution in [0.3, 0.4) is 0 Å². The van der Waals surface area contributed by atoms with Crippen molar-refractivity contribution in [3.8, 4) is 0 Å². The molecule has 1 heterocycles. The minimum atomic E-state index is -3.23. The van der Waals surface area contributed by atoms with Crippen molar-refractivity contribution >= 4 is 6.09 Å². The molecule has 0 aromatic carbocycles. The molecule has 3 nitrogen and oxygen atoms in total. The first-order valence-corrected chi connectivity index (χ1v) is 4.55. The van der Waals surface area contributed by atoms with Gasteiger partial charge in [0.2, 0.25) is 0 Å². The van der Waals surface area contributed by atoms with E-state index in [0.717, 1.165) is 0 Å². The number of amides is 1. The van der Waals surface area contributed by atoms with Crippen molar-refractivity contribution in [3.63, 3.8) is 0 Å². The molecule has 0 spiro atoms. The summed E-state index contributed by atoms with van der Waals surface area (Å²) in [6.45, 7) is 5.04. The minimum absolute atomic E-state index is 0.0791. The number of alkyl halides is 2. The van der Waals surface area contributed by atoms with Crippen LogP contribution in [-0.4, -0.2) is 28.7 Å². The molecule has 1 saturated heterocycles. The van der Waals surface area contributed by atoms with Gasteiger partial charge in [-0.15, -0.1) is 0 Å². The van der Waals surface area contributed by atoms with E-state index in [1.54, 1.807) is 20.8 Å². The van der Waals surface area contributed by atoms with Gasteiger partial charge in [0.15, 0.2) is 0 Å². The van der Waals surface area contributed by atoms with Crippen molar-refractivity contribution in [2.45, 2.75) is 33.2 Å². The standard InChI is InChI=1S/C9H15F2NO2/c1-8(2,3)6-4-5-12(7(13)14)9(6,10)11/h6H,4-5H2,1-3H3,(H,13,14). The molecule has 14 heavy (non-hydrogen) atoms. The number of hydrogen-bond donors (Lipinski definition) is 1. The molecule has 1 rings (SSSR count). The average Bonchev–Trinajstić information content (AvgIpc) is 2.22. The van der Waals surface area contributed by atoms with Crippen LogP contribution in [-0.2, 0) is 0 Å². The normalized spacial score (nSPS) is 26.6. The number of carboxylic acid groups (broad SMARTS) is 1. The predicted molar refractivity (Wildman–Crippen MR) is 47.2 cm³/mol. The van der Waals surface area contributed by atoms with Gasteiger partial charge in [-0.1, -0.05) is 20.8 Å². The van der Waals surface area contributed by atoms with Gasteiger partial charge in [0.1, 0.15) is 0 Å². The van der Waals surface area contributed by atoms with Gasteiger partial charge < -0.3 is 5.11 Å². The van der Waals surface area contributed by atoms with Crippen molar-refractivity contribution in [1.82, 2.24) is 4.90 Å². The van der Waals surface area contributed by atoms with E-state index in [9.17, 15) is 13.6 Å². The van der Waals surface area contributed by atoms with Crippen molar-refractivity contribution in [2.24, 2.45) is 11.3 Å². The van der Waals surface area contributed by atoms with Crippen LogP contribution < -0.4 is 0 Å². The molecule has 5 heteroatoms. The van der Waals surface area contributed by atoms with Crippen LogP contribution >= 0.6 is 0 Å². The summed E-state index contributed by atoms with van der Waals surface area (Å²) in [5.74, 6) is -0.897. The molecule has 1 aliphatic rings. The van der Waals surface area contributed by atoms with Crippen LogP contribution in [0.15, 0.2) is 0 Å². The summed E-state index contributed by atoms with van der Waals surface area (Å²) in [6, 6.07) is -3.23. The molecule has 0 aliphatic carbocycles. The minimum Gasteiger partial charge on any atom is -0.465 e. The fourth-order valence-electron chi connectivity index (χ4n) is 1.95. The molecule has 0 aromatic heterocycles. The van der Waals surface area contributed by atoms with Gasteiger partial charge in [0.25, 0.3) is 0 Å². The molecule has 0 bridgehead atoms. The van der Waals surface area contributed by atoms with E-state index < -0.39 is 23.5 Å². The Kier molecular flexibility index (Phi) is 2.46. The zero-order valence-electron chi connectivity index (χ0n) is 8.55. The summed E-state index contributed by atoms with van der Waals surface area (Å²) >= 11 is 0. The Hall–Kier alpha value is -0.870. The number of hydrogen-bond acceptors (Lipinski definition) is 1. The van der Waals surface area contributed by atoms with Gasteiger partial charge >= 0.3 is 12.1 Å². The Morgan fingerprint density at radius 3 is 2.21 bits per heavy atom. The topological polar surface area (TPSA) is 40.5 Å². The number of rotatable bonds is 0. The Labute approximate surface area is 81.7 Å². The van der Waals surface area contributed by atoms with Gasteiger partial charge in [-0.05, 0) is 11.8 Å². The zero-order chi connectivity index (χ0) is 11.1. The second-order valence-corrected chi connectivity index (χ2v) is 4.73. The summed E-state index contributed by atoms with van der Waals surface area (Å²) in [6.07, 6.45) is -1.32. The van der Waals surface area contributed by atoms with E-state index in [1.807, 2.05) is 0 Å². The average molecular weight is 207 g/mol. The SMILES string of the molecule is CC(C)(C)C1CCN(C(=O)O)C1(F)F. The lowest BCUT2D eigenvalue weighted by Gasteiger charge is -2.33. The number of likely N-dealkylation sites (tertiary alicyclic amines) is 1. The zero-order valence-corrected chi connectivity index (χ0v) is 8.55. The fourth-order valence-corrected chi connectivity index (χ4v) is 1.95. The van der Waals surface area contributed by atoms with Crippen molar-refractivity contribution in [1.29, 1.82) is 0 Å². The van der Waals surface area contributed by atoms with E-state index in [0.29, 0.717) is 0 Å². The number of nitrogens with zero attached hydrogens (tertiary/aromatic N) is 1. The van der Waals surface area contributed by atoms with Crippen molar-refractivity contribution < 1.29 is 18.7 Å². The Bertz CT molecular complexity index is 248. The molecule has 1 unspecified atom stereocenters. The lowest BCUT2D eigenvalue weighted by atomic mass is 9.79. The largest absolute Gasteiger partial charge is 0.465 e. The van der Waals surface area contributed by atoms with E-state index >= 15 is 0 Å². The van der Waals surface area contributed by atoms with Gasteiger partial charge in [-0.25, -0.2) is 9.69 Å². The Morgan fingerprint density at radius 2 is 2.00 bits per heavy atom. The molecule has 0 saturated carbocycles. The maximum atomic E-state index is 13.6. The monoisotopic (exact) mass is 207 g/mol. The third-order valence-electron chi connectivity index (χ3n) is 2.70. The van der Waals surface area contributed by atoms with Crippen molar-refractivity contribution in [3.05, 3.63) is 0 Å². The highest BCUT2D eigenvalue weighted by atomic mass is 19.3. The van der Waals surface area contributed by atoms with Crippen LogP contribution in [0.2, 0.25) is 0 Å². The predicted octanol–water partition coefficient (Wildman–Crippen LogP) is 2.63. The van der Waals surface area contributed by atoms with Crippen LogP contribution in [0.25, 0.3) is 0 Å². The van der Waals surface area contributed by atoms with Gasteiger partial charge in [-0.3, -0.25) is 0 Å². The summed E-state index contributed by atoms with van der Waals surface area (Å²) in [7, 11) is 0. The maximum absolute atomic E-state index is 13.6. The Balaban J connectivity index is 2.92. The summed E-state index contributed by atoms with van der Waals surface area (Å²) in [4.78, 5) is 10.8. The van der Waals surface area contributed by atoms with Crippen LogP contribution in [0.4, 0.5) is 13.6 Å². The van der Waals surface area contributed by atoms with Crippen LogP contribution in [0.5, 0.6) is 0 Å². The second kappa shape index (κ2) is 3.07. The van der Waals surface area contributed by atoms with Gasteiger partial charge in [0, 0.05) is 6.54 Å². The summed E-state index contributed by atoms with van der Waals surface area (Å²) in [5, 5.41) is 8.58. The van der Waals surface area contributed by atoms with Crippen molar-refractivity contribution in [2.75, 3.05) is 6.54 Å².